The molecule has 0 saturated heterocycles. The number of sulfonamides is 1. The molecule has 0 aliphatic heterocycles. The van der Waals surface area contributed by atoms with Gasteiger partial charge in [-0.25, -0.2) is 8.42 Å². The van der Waals surface area contributed by atoms with Gasteiger partial charge in [-0.1, -0.05) is 23.8 Å². The van der Waals surface area contributed by atoms with E-state index >= 15 is 0 Å². The van der Waals surface area contributed by atoms with Gasteiger partial charge in [0.2, 0.25) is 0 Å². The number of carbonyl (C=O) groups excluding carboxylic acids is 1. The lowest BCUT2D eigenvalue weighted by molar-refractivity contribution is -0.385. The molecule has 0 heterocycles. The maximum atomic E-state index is 12.8. The third-order valence-corrected chi connectivity index (χ3v) is 6.64. The molecule has 0 aliphatic carbocycles. The van der Waals surface area contributed by atoms with Crippen molar-refractivity contribution in [2.24, 2.45) is 0 Å². The summed E-state index contributed by atoms with van der Waals surface area (Å²) < 4.78 is 26.8. The van der Waals surface area contributed by atoms with Gasteiger partial charge in [0.05, 0.1) is 15.5 Å². The number of benzene rings is 3. The Morgan fingerprint density at radius 2 is 1.58 bits per heavy atom. The summed E-state index contributed by atoms with van der Waals surface area (Å²) >= 11 is 0. The van der Waals surface area contributed by atoms with Crippen LogP contribution >= 0.6 is 0 Å². The van der Waals surface area contributed by atoms with E-state index in [0.29, 0.717) is 16.9 Å². The third-order valence-electron chi connectivity index (χ3n) is 4.84. The van der Waals surface area contributed by atoms with Gasteiger partial charge in [0.25, 0.3) is 21.6 Å². The molecule has 8 nitrogen and oxygen atoms in total. The maximum absolute atomic E-state index is 12.8. The fourth-order valence-corrected chi connectivity index (χ4v) is 4.11. The Hall–Kier alpha value is -3.72. The van der Waals surface area contributed by atoms with E-state index in [9.17, 15) is 23.3 Å². The first-order valence-electron chi connectivity index (χ1n) is 9.31. The first-order chi connectivity index (χ1) is 14.6. The standard InChI is InChI=1S/C22H21N3O5S/c1-15-4-12-20(13-5-15)31(29,30)24(3)19-10-7-17(8-11-19)22(26)23-18-9-6-16(2)21(14-18)25(27)28/h4-14H,1-3H3,(H,23,26). The SMILES string of the molecule is Cc1ccc(S(=O)(=O)N(C)c2ccc(C(=O)Nc3ccc(C)c([N+](=O)[O-])c3)cc2)cc1. The fraction of sp³-hybridized carbons (Fsp3) is 0.136. The smallest absolute Gasteiger partial charge is 0.274 e. The molecule has 3 aromatic rings. The van der Waals surface area contributed by atoms with E-state index in [2.05, 4.69) is 5.32 Å². The number of nitrogens with one attached hydrogen (secondary N) is 1. The van der Waals surface area contributed by atoms with Crippen molar-refractivity contribution in [2.45, 2.75) is 18.7 Å². The van der Waals surface area contributed by atoms with E-state index in [-0.39, 0.29) is 16.1 Å². The molecule has 0 aromatic heterocycles. The second-order valence-electron chi connectivity index (χ2n) is 7.04. The maximum Gasteiger partial charge on any atom is 0.274 e. The van der Waals surface area contributed by atoms with Crippen molar-refractivity contribution in [1.82, 2.24) is 0 Å². The Balaban J connectivity index is 1.78. The average Bonchev–Trinajstić information content (AvgIpc) is 2.74. The van der Waals surface area contributed by atoms with Crippen LogP contribution in [0.4, 0.5) is 17.1 Å². The molecule has 0 unspecified atom stereocenters. The summed E-state index contributed by atoms with van der Waals surface area (Å²) in [6.45, 7) is 3.49. The normalized spacial score (nSPS) is 11.1. The van der Waals surface area contributed by atoms with Gasteiger partial charge >= 0.3 is 0 Å². The summed E-state index contributed by atoms with van der Waals surface area (Å²) in [6, 6.07) is 17.0. The molecule has 0 spiro atoms. The molecule has 0 aliphatic rings. The van der Waals surface area contributed by atoms with E-state index in [0.717, 1.165) is 9.87 Å². The topological polar surface area (TPSA) is 110 Å². The summed E-state index contributed by atoms with van der Waals surface area (Å²) in [5.74, 6) is -0.464. The lowest BCUT2D eigenvalue weighted by atomic mass is 10.1. The van der Waals surface area contributed by atoms with Crippen molar-refractivity contribution in [3.63, 3.8) is 0 Å². The quantitative estimate of drug-likeness (QED) is 0.455. The van der Waals surface area contributed by atoms with Crippen LogP contribution in [0.5, 0.6) is 0 Å². The van der Waals surface area contributed by atoms with Gasteiger partial charge < -0.3 is 5.32 Å². The summed E-state index contributed by atoms with van der Waals surface area (Å²) in [5.41, 5.74) is 2.33. The minimum atomic E-state index is -3.74. The van der Waals surface area contributed by atoms with Gasteiger partial charge in [0.15, 0.2) is 0 Å². The van der Waals surface area contributed by atoms with Crippen LogP contribution in [0.3, 0.4) is 0 Å². The number of nitro benzene ring substituents is 1. The van der Waals surface area contributed by atoms with Crippen LogP contribution in [0.15, 0.2) is 71.6 Å². The number of rotatable bonds is 6. The van der Waals surface area contributed by atoms with Crippen LogP contribution in [0.1, 0.15) is 21.5 Å². The van der Waals surface area contributed by atoms with Crippen LogP contribution in [0.25, 0.3) is 0 Å². The van der Waals surface area contributed by atoms with Crippen LogP contribution < -0.4 is 9.62 Å². The number of carbonyl (C=O) groups is 1. The Kier molecular flexibility index (Phi) is 6.07. The van der Waals surface area contributed by atoms with Gasteiger partial charge in [-0.05, 0) is 56.3 Å². The number of anilines is 2. The van der Waals surface area contributed by atoms with Gasteiger partial charge in [0, 0.05) is 29.9 Å². The first kappa shape index (κ1) is 22.0. The van der Waals surface area contributed by atoms with Crippen LogP contribution in [-0.4, -0.2) is 26.3 Å². The fourth-order valence-electron chi connectivity index (χ4n) is 2.92. The predicted octanol–water partition coefficient (Wildman–Crippen LogP) is 4.29. The number of hydrogen-bond donors (Lipinski definition) is 1. The molecule has 1 amide bonds. The highest BCUT2D eigenvalue weighted by atomic mass is 32.2. The Morgan fingerprint density at radius 3 is 2.16 bits per heavy atom. The van der Waals surface area contributed by atoms with Gasteiger partial charge in [-0.15, -0.1) is 0 Å². The highest BCUT2D eigenvalue weighted by molar-refractivity contribution is 7.92. The molecule has 1 N–H and O–H groups in total. The molecular formula is C22H21N3O5S. The number of nitrogens with zero attached hydrogens (tertiary/aromatic N) is 2. The molecular weight excluding hydrogens is 418 g/mol. The summed E-state index contributed by atoms with van der Waals surface area (Å²) in [7, 11) is -2.30. The zero-order valence-electron chi connectivity index (χ0n) is 17.2. The monoisotopic (exact) mass is 439 g/mol. The largest absolute Gasteiger partial charge is 0.322 e. The Labute approximate surface area is 180 Å². The lowest BCUT2D eigenvalue weighted by Crippen LogP contribution is -2.26. The number of aryl methyl sites for hydroxylation is 2. The van der Waals surface area contributed by atoms with Gasteiger partial charge in [-0.2, -0.15) is 0 Å². The second-order valence-corrected chi connectivity index (χ2v) is 9.01. The Morgan fingerprint density at radius 1 is 0.968 bits per heavy atom. The Bertz CT molecular complexity index is 1240. The van der Waals surface area contributed by atoms with E-state index in [1.807, 2.05) is 6.92 Å². The molecule has 0 fully saturated rings. The number of amides is 1. The second kappa shape index (κ2) is 8.57. The third kappa shape index (κ3) is 4.72. The summed E-state index contributed by atoms with van der Waals surface area (Å²) in [6.07, 6.45) is 0. The molecule has 9 heteroatoms. The minimum Gasteiger partial charge on any atom is -0.322 e. The van der Waals surface area contributed by atoms with Gasteiger partial charge in [-0.3, -0.25) is 19.2 Å². The van der Waals surface area contributed by atoms with Crippen molar-refractivity contribution in [3.05, 3.63) is 93.5 Å². The summed E-state index contributed by atoms with van der Waals surface area (Å²) in [4.78, 5) is 23.2. The molecule has 3 rings (SSSR count). The molecule has 0 bridgehead atoms. The highest BCUT2D eigenvalue weighted by Gasteiger charge is 2.21. The van der Waals surface area contributed by atoms with Crippen molar-refractivity contribution in [3.8, 4) is 0 Å². The van der Waals surface area contributed by atoms with Crippen molar-refractivity contribution < 1.29 is 18.1 Å². The van der Waals surface area contributed by atoms with Gasteiger partial charge in [0.1, 0.15) is 0 Å². The van der Waals surface area contributed by atoms with Crippen LogP contribution in [0.2, 0.25) is 0 Å². The van der Waals surface area contributed by atoms with E-state index in [1.54, 1.807) is 43.3 Å². The number of nitro groups is 1. The molecule has 0 radical (unpaired) electrons. The van der Waals surface area contributed by atoms with E-state index < -0.39 is 20.9 Å². The molecule has 31 heavy (non-hydrogen) atoms. The zero-order valence-corrected chi connectivity index (χ0v) is 18.0. The summed E-state index contributed by atoms with van der Waals surface area (Å²) in [5, 5.41) is 13.7. The number of hydrogen-bond acceptors (Lipinski definition) is 5. The average molecular weight is 439 g/mol. The van der Waals surface area contributed by atoms with E-state index in [4.69, 9.17) is 0 Å². The zero-order chi connectivity index (χ0) is 22.8. The molecule has 160 valence electrons. The van der Waals surface area contributed by atoms with Crippen LogP contribution in [-0.2, 0) is 10.0 Å². The highest BCUT2D eigenvalue weighted by Crippen LogP contribution is 2.25. The van der Waals surface area contributed by atoms with E-state index in [1.165, 1.54) is 37.4 Å². The minimum absolute atomic E-state index is 0.0870. The van der Waals surface area contributed by atoms with Crippen LogP contribution in [0, 0.1) is 24.0 Å². The molecule has 0 saturated carbocycles. The predicted molar refractivity (Wildman–Crippen MR) is 119 cm³/mol. The van der Waals surface area contributed by atoms with Crippen molar-refractivity contribution >= 4 is 33.0 Å². The molecule has 3 aromatic carbocycles. The van der Waals surface area contributed by atoms with Crippen molar-refractivity contribution in [2.75, 3.05) is 16.7 Å². The first-order valence-corrected chi connectivity index (χ1v) is 10.8. The van der Waals surface area contributed by atoms with Crippen molar-refractivity contribution in [1.29, 1.82) is 0 Å². The lowest BCUT2D eigenvalue weighted by Gasteiger charge is -2.20. The molecule has 0 atom stereocenters.